The lowest BCUT2D eigenvalue weighted by Crippen LogP contribution is -2.54. The number of carbonyl (C=O) groups is 5. The SMILES string of the molecule is Cc1ccc(-n2nc3c(=O)n(CCCC(=O)NCCCCNc4cccc5c4C(=O)N(C4CCC(=O)NC4=O)C5=O)nc(C)c3c2C)cc1. The molecule has 254 valence electrons. The van der Waals surface area contributed by atoms with E-state index in [4.69, 9.17) is 0 Å². The average molecular weight is 667 g/mol. The number of hydrogen-bond acceptors (Lipinski definition) is 9. The molecular formula is C35H38N8O6. The summed E-state index contributed by atoms with van der Waals surface area (Å²) in [5, 5.41) is 18.2. The lowest BCUT2D eigenvalue weighted by Gasteiger charge is -2.27. The van der Waals surface area contributed by atoms with Gasteiger partial charge in [0.05, 0.1) is 33.6 Å². The van der Waals surface area contributed by atoms with Crippen molar-refractivity contribution in [2.45, 2.75) is 71.9 Å². The number of imide groups is 2. The summed E-state index contributed by atoms with van der Waals surface area (Å²) in [6.45, 7) is 7.01. The van der Waals surface area contributed by atoms with Gasteiger partial charge >= 0.3 is 0 Å². The third-order valence-corrected chi connectivity index (χ3v) is 8.95. The second-order valence-electron chi connectivity index (χ2n) is 12.4. The lowest BCUT2D eigenvalue weighted by molar-refractivity contribution is -0.136. The highest BCUT2D eigenvalue weighted by atomic mass is 16.2. The number of aryl methyl sites for hydroxylation is 4. The maximum atomic E-state index is 13.2. The number of hydrogen-bond donors (Lipinski definition) is 3. The zero-order valence-electron chi connectivity index (χ0n) is 27.7. The maximum absolute atomic E-state index is 13.2. The Balaban J connectivity index is 0.957. The average Bonchev–Trinajstić information content (AvgIpc) is 3.55. The number of benzene rings is 2. The molecule has 5 amide bonds. The summed E-state index contributed by atoms with van der Waals surface area (Å²) in [5.41, 5.74) is 4.52. The Morgan fingerprint density at radius 2 is 1.67 bits per heavy atom. The van der Waals surface area contributed by atoms with Gasteiger partial charge in [-0.05, 0) is 70.7 Å². The van der Waals surface area contributed by atoms with Gasteiger partial charge in [-0.15, -0.1) is 0 Å². The van der Waals surface area contributed by atoms with Crippen molar-refractivity contribution in [1.29, 1.82) is 0 Å². The minimum absolute atomic E-state index is 0.0562. The van der Waals surface area contributed by atoms with Gasteiger partial charge in [-0.1, -0.05) is 23.8 Å². The quantitative estimate of drug-likeness (QED) is 0.152. The van der Waals surface area contributed by atoms with Gasteiger partial charge < -0.3 is 10.6 Å². The van der Waals surface area contributed by atoms with Gasteiger partial charge in [0, 0.05) is 38.2 Å². The van der Waals surface area contributed by atoms with E-state index in [1.54, 1.807) is 22.9 Å². The molecule has 0 radical (unpaired) electrons. The molecule has 1 fully saturated rings. The van der Waals surface area contributed by atoms with E-state index in [-0.39, 0.29) is 48.4 Å². The van der Waals surface area contributed by atoms with E-state index in [0.717, 1.165) is 27.2 Å². The zero-order chi connectivity index (χ0) is 34.8. The summed E-state index contributed by atoms with van der Waals surface area (Å²) in [5.74, 6) is -2.32. The molecule has 14 nitrogen and oxygen atoms in total. The van der Waals surface area contributed by atoms with Crippen LogP contribution in [0.2, 0.25) is 0 Å². The standard InChI is InChI=1S/C35H38N8O6/c1-20-11-13-23(14-12-20)43-22(3)29-21(2)39-41(35(49)31(29)40-43)19-7-10-27(44)37-18-5-4-17-36-25-9-6-8-24-30(25)34(48)42(33(24)47)26-15-16-28(45)38-32(26)46/h6,8-9,11-14,26,36H,4-5,7,10,15-19H2,1-3H3,(H,37,44)(H,38,45,46). The third kappa shape index (κ3) is 6.58. The Hall–Kier alpha value is -5.66. The highest BCUT2D eigenvalue weighted by Crippen LogP contribution is 2.32. The normalized spacial score (nSPS) is 15.9. The number of fused-ring (bicyclic) bond motifs is 2. The second kappa shape index (κ2) is 13.8. The molecule has 0 bridgehead atoms. The Kier molecular flexibility index (Phi) is 9.38. The Morgan fingerprint density at radius 1 is 0.918 bits per heavy atom. The van der Waals surface area contributed by atoms with Crippen LogP contribution in [-0.2, 0) is 20.9 Å². The van der Waals surface area contributed by atoms with E-state index in [1.807, 2.05) is 45.0 Å². The van der Waals surface area contributed by atoms with Gasteiger partial charge in [0.25, 0.3) is 17.4 Å². The molecule has 6 rings (SSSR count). The number of carbonyl (C=O) groups excluding carboxylic acids is 5. The number of nitrogens with one attached hydrogen (secondary N) is 3. The molecule has 0 aliphatic carbocycles. The highest BCUT2D eigenvalue weighted by molar-refractivity contribution is 6.25. The van der Waals surface area contributed by atoms with E-state index in [9.17, 15) is 28.8 Å². The summed E-state index contributed by atoms with van der Waals surface area (Å²) in [6.07, 6.45) is 2.16. The van der Waals surface area contributed by atoms with E-state index < -0.39 is 29.7 Å². The molecule has 1 unspecified atom stereocenters. The summed E-state index contributed by atoms with van der Waals surface area (Å²) in [6, 6.07) is 11.8. The molecule has 2 aromatic carbocycles. The predicted molar refractivity (Wildman–Crippen MR) is 180 cm³/mol. The Bertz CT molecular complexity index is 2050. The Morgan fingerprint density at radius 3 is 2.43 bits per heavy atom. The monoisotopic (exact) mass is 666 g/mol. The number of unbranched alkanes of at least 4 members (excludes halogenated alkanes) is 1. The summed E-state index contributed by atoms with van der Waals surface area (Å²) < 4.78 is 3.14. The number of piperidine rings is 1. The minimum Gasteiger partial charge on any atom is -0.384 e. The third-order valence-electron chi connectivity index (χ3n) is 8.95. The van der Waals surface area contributed by atoms with Crippen molar-refractivity contribution in [3.63, 3.8) is 0 Å². The summed E-state index contributed by atoms with van der Waals surface area (Å²) in [7, 11) is 0. The van der Waals surface area contributed by atoms with Crippen LogP contribution >= 0.6 is 0 Å². The van der Waals surface area contributed by atoms with Crippen molar-refractivity contribution in [2.75, 3.05) is 18.4 Å². The molecule has 2 aliphatic heterocycles. The molecule has 2 aliphatic rings. The van der Waals surface area contributed by atoms with Crippen molar-refractivity contribution in [1.82, 2.24) is 35.1 Å². The van der Waals surface area contributed by atoms with Crippen molar-refractivity contribution in [2.24, 2.45) is 0 Å². The number of nitrogens with zero attached hydrogens (tertiary/aromatic N) is 5. The van der Waals surface area contributed by atoms with Crippen molar-refractivity contribution in [3.8, 4) is 5.69 Å². The van der Waals surface area contributed by atoms with Crippen LogP contribution in [0, 0.1) is 20.8 Å². The van der Waals surface area contributed by atoms with Gasteiger partial charge in [-0.2, -0.15) is 10.2 Å². The van der Waals surface area contributed by atoms with Crippen LogP contribution in [0.5, 0.6) is 0 Å². The molecule has 4 aromatic rings. The smallest absolute Gasteiger partial charge is 0.295 e. The first kappa shape index (κ1) is 33.2. The number of anilines is 1. The van der Waals surface area contributed by atoms with E-state index in [0.29, 0.717) is 49.2 Å². The highest BCUT2D eigenvalue weighted by Gasteiger charge is 2.45. The lowest BCUT2D eigenvalue weighted by atomic mass is 10.0. The fourth-order valence-corrected chi connectivity index (χ4v) is 6.41. The van der Waals surface area contributed by atoms with Crippen molar-refractivity contribution in [3.05, 3.63) is 80.9 Å². The summed E-state index contributed by atoms with van der Waals surface area (Å²) >= 11 is 0. The van der Waals surface area contributed by atoms with Gasteiger partial charge in [-0.25, -0.2) is 9.36 Å². The molecule has 2 aromatic heterocycles. The molecule has 14 heteroatoms. The minimum atomic E-state index is -1.02. The zero-order valence-corrected chi connectivity index (χ0v) is 27.7. The van der Waals surface area contributed by atoms with E-state index >= 15 is 0 Å². The summed E-state index contributed by atoms with van der Waals surface area (Å²) in [4.78, 5) is 76.8. The van der Waals surface area contributed by atoms with Crippen LogP contribution in [0.15, 0.2) is 47.3 Å². The molecule has 0 saturated carbocycles. The number of amides is 5. The van der Waals surface area contributed by atoms with Gasteiger partial charge in [0.1, 0.15) is 6.04 Å². The van der Waals surface area contributed by atoms with Gasteiger partial charge in [0.2, 0.25) is 17.7 Å². The molecule has 1 atom stereocenters. The van der Waals surface area contributed by atoms with Crippen LogP contribution in [0.3, 0.4) is 0 Å². The first-order valence-electron chi connectivity index (χ1n) is 16.4. The first-order chi connectivity index (χ1) is 23.5. The van der Waals surface area contributed by atoms with Gasteiger partial charge in [-0.3, -0.25) is 39.0 Å². The number of rotatable bonds is 12. The second-order valence-corrected chi connectivity index (χ2v) is 12.4. The molecular weight excluding hydrogens is 628 g/mol. The first-order valence-corrected chi connectivity index (χ1v) is 16.4. The van der Waals surface area contributed by atoms with Crippen LogP contribution in [0.1, 0.15) is 76.2 Å². The van der Waals surface area contributed by atoms with Crippen molar-refractivity contribution >= 4 is 46.1 Å². The van der Waals surface area contributed by atoms with E-state index in [1.165, 1.54) is 4.68 Å². The molecule has 49 heavy (non-hydrogen) atoms. The van der Waals surface area contributed by atoms with Crippen LogP contribution < -0.4 is 21.5 Å². The fraction of sp³-hybridized carbons (Fsp3) is 0.371. The van der Waals surface area contributed by atoms with E-state index in [2.05, 4.69) is 26.1 Å². The Labute approximate surface area is 281 Å². The molecule has 0 spiro atoms. The topological polar surface area (TPSA) is 177 Å². The van der Waals surface area contributed by atoms with Crippen LogP contribution in [0.25, 0.3) is 16.6 Å². The fourth-order valence-electron chi connectivity index (χ4n) is 6.41. The number of aromatic nitrogens is 4. The largest absolute Gasteiger partial charge is 0.384 e. The molecule has 4 heterocycles. The van der Waals surface area contributed by atoms with Crippen LogP contribution in [-0.4, -0.2) is 73.1 Å². The van der Waals surface area contributed by atoms with Gasteiger partial charge in [0.15, 0.2) is 5.52 Å². The van der Waals surface area contributed by atoms with Crippen LogP contribution in [0.4, 0.5) is 5.69 Å². The van der Waals surface area contributed by atoms with Crippen molar-refractivity contribution < 1.29 is 24.0 Å². The molecule has 1 saturated heterocycles. The predicted octanol–water partition coefficient (Wildman–Crippen LogP) is 2.70. The molecule has 3 N–H and O–H groups in total. The maximum Gasteiger partial charge on any atom is 0.295 e.